The van der Waals surface area contributed by atoms with Crippen molar-refractivity contribution in [3.63, 3.8) is 0 Å². The van der Waals surface area contributed by atoms with E-state index in [-0.39, 0.29) is 11.8 Å². The van der Waals surface area contributed by atoms with Gasteiger partial charge in [-0.3, -0.25) is 14.9 Å². The molecule has 2 amide bonds. The van der Waals surface area contributed by atoms with Crippen molar-refractivity contribution in [3.05, 3.63) is 29.8 Å². The Morgan fingerprint density at radius 2 is 1.75 bits per heavy atom. The third-order valence-corrected chi connectivity index (χ3v) is 5.08. The molecule has 0 aromatic heterocycles. The van der Waals surface area contributed by atoms with E-state index in [4.69, 9.17) is 4.74 Å². The molecular weight excluding hydrogens is 304 g/mol. The molecule has 0 radical (unpaired) electrons. The van der Waals surface area contributed by atoms with Gasteiger partial charge in [0.05, 0.1) is 0 Å². The van der Waals surface area contributed by atoms with Crippen LogP contribution in [0.2, 0.25) is 0 Å². The van der Waals surface area contributed by atoms with E-state index in [1.807, 2.05) is 12.1 Å². The maximum atomic E-state index is 11.7. The summed E-state index contributed by atoms with van der Waals surface area (Å²) in [7, 11) is 0. The molecule has 0 aliphatic carbocycles. The number of rotatable bonds is 4. The van der Waals surface area contributed by atoms with Gasteiger partial charge in [-0.25, -0.2) is 0 Å². The molecule has 1 atom stereocenters. The third kappa shape index (κ3) is 3.96. The average molecular weight is 330 g/mol. The molecule has 130 valence electrons. The van der Waals surface area contributed by atoms with Crippen LogP contribution in [0.3, 0.4) is 0 Å². The summed E-state index contributed by atoms with van der Waals surface area (Å²) in [6.07, 6.45) is 2.59. The van der Waals surface area contributed by atoms with Gasteiger partial charge in [-0.2, -0.15) is 0 Å². The molecule has 2 heterocycles. The third-order valence-electron chi connectivity index (χ3n) is 5.08. The van der Waals surface area contributed by atoms with Crippen molar-refractivity contribution in [1.29, 1.82) is 0 Å². The van der Waals surface area contributed by atoms with Crippen LogP contribution in [0, 0.1) is 0 Å². The van der Waals surface area contributed by atoms with Crippen molar-refractivity contribution in [2.75, 3.05) is 13.1 Å². The van der Waals surface area contributed by atoms with Crippen LogP contribution in [0.25, 0.3) is 0 Å². The highest BCUT2D eigenvalue weighted by Crippen LogP contribution is 2.30. The van der Waals surface area contributed by atoms with Crippen LogP contribution in [-0.2, 0) is 9.59 Å². The summed E-state index contributed by atoms with van der Waals surface area (Å²) in [4.78, 5) is 25.4. The Morgan fingerprint density at radius 3 is 2.33 bits per heavy atom. The van der Waals surface area contributed by atoms with Crippen molar-refractivity contribution < 1.29 is 14.3 Å². The number of carbonyl (C=O) groups excluding carboxylic acids is 2. The SMILES string of the molecule is CC(C)N1CCC(c2ccc(OC3CCC(=O)NC3=O)cc2)CC1. The van der Waals surface area contributed by atoms with Gasteiger partial charge < -0.3 is 9.64 Å². The van der Waals surface area contributed by atoms with Crippen molar-refractivity contribution in [3.8, 4) is 5.75 Å². The summed E-state index contributed by atoms with van der Waals surface area (Å²) in [5.41, 5.74) is 1.34. The first-order valence-corrected chi connectivity index (χ1v) is 8.87. The van der Waals surface area contributed by atoms with Crippen molar-refractivity contribution in [2.24, 2.45) is 0 Å². The van der Waals surface area contributed by atoms with Crippen molar-refractivity contribution >= 4 is 11.8 Å². The average Bonchev–Trinajstić information content (AvgIpc) is 2.58. The Bertz CT molecular complexity index is 589. The lowest BCUT2D eigenvalue weighted by Crippen LogP contribution is -2.46. The zero-order valence-corrected chi connectivity index (χ0v) is 14.5. The summed E-state index contributed by atoms with van der Waals surface area (Å²) in [5.74, 6) is 0.733. The molecule has 1 unspecified atom stereocenters. The minimum atomic E-state index is -0.567. The second-order valence-corrected chi connectivity index (χ2v) is 7.03. The van der Waals surface area contributed by atoms with E-state index in [1.54, 1.807) is 0 Å². The quantitative estimate of drug-likeness (QED) is 0.862. The molecule has 3 rings (SSSR count). The molecule has 0 spiro atoms. The first-order valence-electron chi connectivity index (χ1n) is 8.87. The fourth-order valence-corrected chi connectivity index (χ4v) is 3.52. The van der Waals surface area contributed by atoms with E-state index in [2.05, 4.69) is 36.2 Å². The molecule has 2 fully saturated rings. The summed E-state index contributed by atoms with van der Waals surface area (Å²) < 4.78 is 5.73. The molecule has 1 aromatic rings. The van der Waals surface area contributed by atoms with Crippen LogP contribution in [0.5, 0.6) is 5.75 Å². The van der Waals surface area contributed by atoms with Gasteiger partial charge in [-0.1, -0.05) is 12.1 Å². The van der Waals surface area contributed by atoms with Crippen LogP contribution < -0.4 is 10.1 Å². The van der Waals surface area contributed by atoms with Gasteiger partial charge in [0, 0.05) is 18.9 Å². The fourth-order valence-electron chi connectivity index (χ4n) is 3.52. The van der Waals surface area contributed by atoms with Gasteiger partial charge in [-0.15, -0.1) is 0 Å². The van der Waals surface area contributed by atoms with E-state index in [9.17, 15) is 9.59 Å². The number of nitrogens with one attached hydrogen (secondary N) is 1. The second-order valence-electron chi connectivity index (χ2n) is 7.03. The Labute approximate surface area is 143 Å². The maximum absolute atomic E-state index is 11.7. The Hall–Kier alpha value is -1.88. The minimum Gasteiger partial charge on any atom is -0.481 e. The van der Waals surface area contributed by atoms with Crippen LogP contribution >= 0.6 is 0 Å². The van der Waals surface area contributed by atoms with Crippen molar-refractivity contribution in [1.82, 2.24) is 10.2 Å². The van der Waals surface area contributed by atoms with E-state index in [0.717, 1.165) is 13.1 Å². The standard InChI is InChI=1S/C19H26N2O3/c1-13(2)21-11-9-15(10-12-21)14-3-5-16(6-4-14)24-17-7-8-18(22)20-19(17)23/h3-6,13,15,17H,7-12H2,1-2H3,(H,20,22,23). The first kappa shape index (κ1) is 17.0. The number of ether oxygens (including phenoxy) is 1. The zero-order valence-electron chi connectivity index (χ0n) is 14.5. The number of carbonyl (C=O) groups is 2. The van der Waals surface area contributed by atoms with Gasteiger partial charge >= 0.3 is 0 Å². The highest BCUT2D eigenvalue weighted by molar-refractivity contribution is 5.99. The van der Waals surface area contributed by atoms with Crippen LogP contribution in [0.15, 0.2) is 24.3 Å². The van der Waals surface area contributed by atoms with Gasteiger partial charge in [0.1, 0.15) is 5.75 Å². The number of amides is 2. The lowest BCUT2D eigenvalue weighted by molar-refractivity contribution is -0.138. The number of hydrogen-bond acceptors (Lipinski definition) is 4. The molecule has 2 aliphatic rings. The first-order chi connectivity index (χ1) is 11.5. The van der Waals surface area contributed by atoms with E-state index < -0.39 is 6.10 Å². The number of piperidine rings is 2. The van der Waals surface area contributed by atoms with Crippen LogP contribution in [0.1, 0.15) is 51.0 Å². The molecule has 1 aromatic carbocycles. The molecular formula is C19H26N2O3. The molecule has 2 saturated heterocycles. The summed E-state index contributed by atoms with van der Waals surface area (Å²) >= 11 is 0. The summed E-state index contributed by atoms with van der Waals surface area (Å²) in [6, 6.07) is 8.71. The van der Waals surface area contributed by atoms with E-state index in [1.165, 1.54) is 18.4 Å². The van der Waals surface area contributed by atoms with Crippen LogP contribution in [-0.4, -0.2) is 41.9 Å². The zero-order chi connectivity index (χ0) is 17.1. The molecule has 24 heavy (non-hydrogen) atoms. The van der Waals surface area contributed by atoms with E-state index >= 15 is 0 Å². The lowest BCUT2D eigenvalue weighted by atomic mass is 9.89. The van der Waals surface area contributed by atoms with E-state index in [0.29, 0.717) is 30.6 Å². The number of imide groups is 1. The normalized spacial score (nSPS) is 23.4. The molecule has 5 heteroatoms. The number of nitrogens with zero attached hydrogens (tertiary/aromatic N) is 1. The Balaban J connectivity index is 1.56. The van der Waals surface area contributed by atoms with Gasteiger partial charge in [0.15, 0.2) is 6.10 Å². The highest BCUT2D eigenvalue weighted by Gasteiger charge is 2.28. The predicted molar refractivity (Wildman–Crippen MR) is 91.9 cm³/mol. The lowest BCUT2D eigenvalue weighted by Gasteiger charge is -2.34. The van der Waals surface area contributed by atoms with Gasteiger partial charge in [0.25, 0.3) is 5.91 Å². The van der Waals surface area contributed by atoms with Gasteiger partial charge in [0.2, 0.25) is 5.91 Å². The largest absolute Gasteiger partial charge is 0.481 e. The highest BCUT2D eigenvalue weighted by atomic mass is 16.5. The number of hydrogen-bond donors (Lipinski definition) is 1. The Morgan fingerprint density at radius 1 is 1.08 bits per heavy atom. The monoisotopic (exact) mass is 330 g/mol. The molecule has 0 bridgehead atoms. The molecule has 1 N–H and O–H groups in total. The topological polar surface area (TPSA) is 58.6 Å². The minimum absolute atomic E-state index is 0.220. The van der Waals surface area contributed by atoms with Crippen LogP contribution in [0.4, 0.5) is 0 Å². The molecule has 2 aliphatic heterocycles. The number of likely N-dealkylation sites (tertiary alicyclic amines) is 1. The second kappa shape index (κ2) is 7.34. The summed E-state index contributed by atoms with van der Waals surface area (Å²) in [5, 5.41) is 2.32. The number of benzene rings is 1. The van der Waals surface area contributed by atoms with Gasteiger partial charge in [-0.05, 0) is 63.4 Å². The maximum Gasteiger partial charge on any atom is 0.267 e. The predicted octanol–water partition coefficient (Wildman–Crippen LogP) is 2.46. The summed E-state index contributed by atoms with van der Waals surface area (Å²) in [6.45, 7) is 6.80. The Kier molecular flexibility index (Phi) is 5.19. The van der Waals surface area contributed by atoms with Crippen molar-refractivity contribution in [2.45, 2.75) is 57.6 Å². The molecule has 0 saturated carbocycles. The molecule has 5 nitrogen and oxygen atoms in total. The fraction of sp³-hybridized carbons (Fsp3) is 0.579. The smallest absolute Gasteiger partial charge is 0.267 e.